The molecule has 4 nitrogen and oxygen atoms in total. The minimum atomic E-state index is 0.284. The molecule has 0 aliphatic carbocycles. The van der Waals surface area contributed by atoms with E-state index in [0.29, 0.717) is 6.54 Å². The number of benzene rings is 1. The van der Waals surface area contributed by atoms with E-state index in [0.717, 1.165) is 12.3 Å². The Labute approximate surface area is 108 Å². The van der Waals surface area contributed by atoms with Crippen LogP contribution in [0.25, 0.3) is 0 Å². The molecule has 0 radical (unpaired) electrons. The minimum Gasteiger partial charge on any atom is -0.447 e. The molecule has 18 heavy (non-hydrogen) atoms. The van der Waals surface area contributed by atoms with Crippen LogP contribution in [-0.2, 0) is 6.54 Å². The quantitative estimate of drug-likeness (QED) is 0.846. The van der Waals surface area contributed by atoms with E-state index in [9.17, 15) is 0 Å². The van der Waals surface area contributed by atoms with Crippen LogP contribution in [0.1, 0.15) is 17.4 Å². The van der Waals surface area contributed by atoms with E-state index in [1.165, 1.54) is 12.0 Å². The highest BCUT2D eigenvalue weighted by Crippen LogP contribution is 2.14. The third kappa shape index (κ3) is 3.68. The zero-order chi connectivity index (χ0) is 12.8. The van der Waals surface area contributed by atoms with E-state index < -0.39 is 0 Å². The molecule has 0 aliphatic rings. The van der Waals surface area contributed by atoms with Crippen LogP contribution in [0.15, 0.2) is 47.3 Å². The molecule has 1 aromatic carbocycles. The lowest BCUT2D eigenvalue weighted by molar-refractivity contribution is 0.332. The van der Waals surface area contributed by atoms with Crippen LogP contribution >= 0.6 is 0 Å². The summed E-state index contributed by atoms with van der Waals surface area (Å²) in [6.07, 6.45) is 3.20. The SMILES string of the molecule is CN(C)CC(NCc1cnco1)c1ccccc1. The van der Waals surface area contributed by atoms with Gasteiger partial charge >= 0.3 is 0 Å². The van der Waals surface area contributed by atoms with Crippen molar-refractivity contribution in [2.75, 3.05) is 20.6 Å². The van der Waals surface area contributed by atoms with E-state index in [-0.39, 0.29) is 6.04 Å². The van der Waals surface area contributed by atoms with Crippen LogP contribution in [0.5, 0.6) is 0 Å². The fraction of sp³-hybridized carbons (Fsp3) is 0.357. The second-order valence-electron chi connectivity index (χ2n) is 4.57. The van der Waals surface area contributed by atoms with Crippen molar-refractivity contribution in [1.29, 1.82) is 0 Å². The van der Waals surface area contributed by atoms with Crippen molar-refractivity contribution < 1.29 is 4.42 Å². The Balaban J connectivity index is 2.01. The van der Waals surface area contributed by atoms with Gasteiger partial charge in [-0.2, -0.15) is 0 Å². The second kappa shape index (κ2) is 6.33. The van der Waals surface area contributed by atoms with Crippen LogP contribution in [0.4, 0.5) is 0 Å². The van der Waals surface area contributed by atoms with Crippen molar-refractivity contribution >= 4 is 0 Å². The molecule has 0 saturated carbocycles. The lowest BCUT2D eigenvalue weighted by Crippen LogP contribution is -2.30. The van der Waals surface area contributed by atoms with Gasteiger partial charge in [-0.25, -0.2) is 4.98 Å². The Bertz CT molecular complexity index is 439. The summed E-state index contributed by atoms with van der Waals surface area (Å²) in [6, 6.07) is 10.7. The number of oxazole rings is 1. The highest BCUT2D eigenvalue weighted by atomic mass is 16.3. The molecule has 0 bridgehead atoms. The van der Waals surface area contributed by atoms with Gasteiger partial charge in [0.15, 0.2) is 6.39 Å². The summed E-state index contributed by atoms with van der Waals surface area (Å²) in [4.78, 5) is 6.09. The lowest BCUT2D eigenvalue weighted by atomic mass is 10.1. The lowest BCUT2D eigenvalue weighted by Gasteiger charge is -2.22. The molecule has 0 saturated heterocycles. The molecule has 0 fully saturated rings. The molecule has 0 aliphatic heterocycles. The monoisotopic (exact) mass is 245 g/mol. The van der Waals surface area contributed by atoms with Crippen LogP contribution in [0.3, 0.4) is 0 Å². The van der Waals surface area contributed by atoms with Gasteiger partial charge in [0, 0.05) is 12.6 Å². The zero-order valence-electron chi connectivity index (χ0n) is 10.8. The second-order valence-corrected chi connectivity index (χ2v) is 4.57. The van der Waals surface area contributed by atoms with Crippen molar-refractivity contribution in [1.82, 2.24) is 15.2 Å². The molecule has 0 spiro atoms. The van der Waals surface area contributed by atoms with Gasteiger partial charge in [-0.1, -0.05) is 30.3 Å². The Hall–Kier alpha value is -1.65. The van der Waals surface area contributed by atoms with E-state index >= 15 is 0 Å². The average molecular weight is 245 g/mol. The van der Waals surface area contributed by atoms with Crippen molar-refractivity contribution in [3.8, 4) is 0 Å². The van der Waals surface area contributed by atoms with Crippen LogP contribution < -0.4 is 5.32 Å². The maximum absolute atomic E-state index is 5.24. The fourth-order valence-corrected chi connectivity index (χ4v) is 1.89. The van der Waals surface area contributed by atoms with E-state index in [2.05, 4.69) is 53.6 Å². The van der Waals surface area contributed by atoms with Crippen molar-refractivity contribution in [3.05, 3.63) is 54.2 Å². The van der Waals surface area contributed by atoms with Gasteiger partial charge < -0.3 is 14.6 Å². The molecule has 1 unspecified atom stereocenters. The van der Waals surface area contributed by atoms with Gasteiger partial charge in [-0.05, 0) is 19.7 Å². The number of nitrogens with zero attached hydrogens (tertiary/aromatic N) is 2. The number of likely N-dealkylation sites (N-methyl/N-ethyl adjacent to an activating group) is 1. The molecule has 1 aromatic heterocycles. The number of hydrogen-bond donors (Lipinski definition) is 1. The van der Waals surface area contributed by atoms with Gasteiger partial charge in [0.2, 0.25) is 0 Å². The average Bonchev–Trinajstić information content (AvgIpc) is 2.88. The molecule has 2 rings (SSSR count). The van der Waals surface area contributed by atoms with Crippen LogP contribution in [-0.4, -0.2) is 30.5 Å². The largest absolute Gasteiger partial charge is 0.447 e. The van der Waals surface area contributed by atoms with Gasteiger partial charge in [-0.3, -0.25) is 0 Å². The summed E-state index contributed by atoms with van der Waals surface area (Å²) in [5, 5.41) is 3.49. The summed E-state index contributed by atoms with van der Waals surface area (Å²) in [6.45, 7) is 1.63. The molecule has 1 N–H and O–H groups in total. The van der Waals surface area contributed by atoms with Crippen molar-refractivity contribution in [3.63, 3.8) is 0 Å². The number of nitrogens with one attached hydrogen (secondary N) is 1. The van der Waals surface area contributed by atoms with Gasteiger partial charge in [0.1, 0.15) is 5.76 Å². The van der Waals surface area contributed by atoms with Crippen LogP contribution in [0, 0.1) is 0 Å². The van der Waals surface area contributed by atoms with E-state index in [1.54, 1.807) is 6.20 Å². The highest BCUT2D eigenvalue weighted by Gasteiger charge is 2.12. The summed E-state index contributed by atoms with van der Waals surface area (Å²) in [5.74, 6) is 0.856. The summed E-state index contributed by atoms with van der Waals surface area (Å²) in [7, 11) is 4.15. The molecule has 1 atom stereocenters. The Morgan fingerprint density at radius 2 is 2.06 bits per heavy atom. The summed E-state index contributed by atoms with van der Waals surface area (Å²) >= 11 is 0. The van der Waals surface area contributed by atoms with Crippen LogP contribution in [0.2, 0.25) is 0 Å². The van der Waals surface area contributed by atoms with E-state index in [1.807, 2.05) is 6.07 Å². The van der Waals surface area contributed by atoms with E-state index in [4.69, 9.17) is 4.42 Å². The fourth-order valence-electron chi connectivity index (χ4n) is 1.89. The molecule has 1 heterocycles. The maximum Gasteiger partial charge on any atom is 0.180 e. The molecule has 2 aromatic rings. The summed E-state index contributed by atoms with van der Waals surface area (Å²) in [5.41, 5.74) is 1.28. The first kappa shape index (κ1) is 12.8. The number of hydrogen-bond acceptors (Lipinski definition) is 4. The number of rotatable bonds is 6. The van der Waals surface area contributed by atoms with Crippen molar-refractivity contribution in [2.24, 2.45) is 0 Å². The first-order chi connectivity index (χ1) is 8.75. The molecular weight excluding hydrogens is 226 g/mol. The first-order valence-corrected chi connectivity index (χ1v) is 6.06. The summed E-state index contributed by atoms with van der Waals surface area (Å²) < 4.78 is 5.24. The van der Waals surface area contributed by atoms with Gasteiger partial charge in [0.05, 0.1) is 12.7 Å². The Kier molecular flexibility index (Phi) is 4.50. The highest BCUT2D eigenvalue weighted by molar-refractivity contribution is 5.19. The smallest absolute Gasteiger partial charge is 0.180 e. The van der Waals surface area contributed by atoms with Gasteiger partial charge in [-0.15, -0.1) is 0 Å². The Morgan fingerprint density at radius 1 is 1.28 bits per heavy atom. The number of aromatic nitrogens is 1. The van der Waals surface area contributed by atoms with Crippen molar-refractivity contribution in [2.45, 2.75) is 12.6 Å². The molecule has 4 heteroatoms. The molecular formula is C14H19N3O. The van der Waals surface area contributed by atoms with Gasteiger partial charge in [0.25, 0.3) is 0 Å². The topological polar surface area (TPSA) is 41.3 Å². The third-order valence-corrected chi connectivity index (χ3v) is 2.76. The standard InChI is InChI=1S/C14H19N3O/c1-17(2)10-14(12-6-4-3-5-7-12)16-9-13-8-15-11-18-13/h3-8,11,14,16H,9-10H2,1-2H3. The Morgan fingerprint density at radius 3 is 2.67 bits per heavy atom. The predicted molar refractivity (Wildman–Crippen MR) is 71.1 cm³/mol. The minimum absolute atomic E-state index is 0.284. The molecule has 0 amide bonds. The predicted octanol–water partition coefficient (Wildman–Crippen LogP) is 2.07. The third-order valence-electron chi connectivity index (χ3n) is 2.76. The molecule has 96 valence electrons. The normalized spacial score (nSPS) is 12.8. The maximum atomic E-state index is 5.24. The zero-order valence-corrected chi connectivity index (χ0v) is 10.8. The first-order valence-electron chi connectivity index (χ1n) is 6.06.